The van der Waals surface area contributed by atoms with Crippen molar-refractivity contribution in [2.45, 2.75) is 31.8 Å². The van der Waals surface area contributed by atoms with Crippen LogP contribution in [0.3, 0.4) is 0 Å². The summed E-state index contributed by atoms with van der Waals surface area (Å²) in [6.45, 7) is -0.322. The summed E-state index contributed by atoms with van der Waals surface area (Å²) in [5.41, 5.74) is 1.76. The zero-order chi connectivity index (χ0) is 15.5. The second-order valence-electron chi connectivity index (χ2n) is 5.03. The molecule has 114 valence electrons. The van der Waals surface area contributed by atoms with Crippen LogP contribution in [-0.2, 0) is 16.0 Å². The van der Waals surface area contributed by atoms with Crippen molar-refractivity contribution in [2.75, 3.05) is 6.61 Å². The number of nitrogens with zero attached hydrogens (tertiary/aromatic N) is 3. The Morgan fingerprint density at radius 2 is 2.50 bits per heavy atom. The van der Waals surface area contributed by atoms with Crippen LogP contribution < -0.4 is 4.98 Å². The monoisotopic (exact) mass is 317 g/mol. The molecule has 1 N–H and O–H groups in total. The van der Waals surface area contributed by atoms with Crippen LogP contribution in [0.25, 0.3) is 6.08 Å². The van der Waals surface area contributed by atoms with E-state index >= 15 is 0 Å². The van der Waals surface area contributed by atoms with Gasteiger partial charge in [0.25, 0.3) is 6.10 Å². The lowest BCUT2D eigenvalue weighted by Crippen LogP contribution is -2.28. The molecule has 1 atom stereocenters. The number of allylic oxidation sites excluding steroid dienone is 1. The van der Waals surface area contributed by atoms with Crippen molar-refractivity contribution < 1.29 is 19.2 Å². The van der Waals surface area contributed by atoms with Gasteiger partial charge in [0.2, 0.25) is 0 Å². The molecule has 0 radical (unpaired) electrons. The van der Waals surface area contributed by atoms with Gasteiger partial charge in [-0.25, -0.2) is 16.9 Å². The number of thiazole rings is 1. The number of aromatic nitrogens is 1. The third kappa shape index (κ3) is 2.75. The summed E-state index contributed by atoms with van der Waals surface area (Å²) in [5.74, 6) is -0.246. The van der Waals surface area contributed by atoms with E-state index in [4.69, 9.17) is 15.1 Å². The molecule has 7 heteroatoms. The Morgan fingerprint density at radius 1 is 1.64 bits per heavy atom. The number of unbranched alkanes of at least 4 members (excludes halogenated alkanes) is 1. The lowest BCUT2D eigenvalue weighted by atomic mass is 10.1. The quantitative estimate of drug-likeness (QED) is 0.380. The van der Waals surface area contributed by atoms with Gasteiger partial charge in [0.1, 0.15) is 0 Å². The molecule has 0 bridgehead atoms. The molecule has 0 aromatic carbocycles. The molecule has 1 aromatic heterocycles. The number of hydrogen-bond donors (Lipinski definition) is 1. The number of fused-ring (bicyclic) bond motifs is 1. The van der Waals surface area contributed by atoms with Crippen molar-refractivity contribution in [2.24, 2.45) is 0 Å². The highest BCUT2D eigenvalue weighted by atomic mass is 32.1. The fourth-order valence-electron chi connectivity index (χ4n) is 2.38. The molecule has 3 rings (SSSR count). The third-order valence-corrected chi connectivity index (χ3v) is 4.60. The predicted octanol–water partition coefficient (Wildman–Crippen LogP) is 1.09. The van der Waals surface area contributed by atoms with E-state index in [0.717, 1.165) is 34.1 Å². The van der Waals surface area contributed by atoms with E-state index in [-0.39, 0.29) is 12.5 Å². The SMILES string of the molecule is N#CCCCc1[n-]c2c([s+]1)C=C([N+]1=CO[C@H](CO)C1=O)C[CH-]2. The van der Waals surface area contributed by atoms with E-state index in [9.17, 15) is 4.79 Å². The Bertz CT molecular complexity index is 699. The zero-order valence-corrected chi connectivity index (χ0v) is 12.7. The molecule has 22 heavy (non-hydrogen) atoms. The Labute approximate surface area is 132 Å². The third-order valence-electron chi connectivity index (χ3n) is 3.53. The maximum absolute atomic E-state index is 12.0. The molecule has 0 unspecified atom stereocenters. The van der Waals surface area contributed by atoms with Gasteiger partial charge in [0.15, 0.2) is 5.70 Å². The van der Waals surface area contributed by atoms with E-state index in [2.05, 4.69) is 11.1 Å². The number of carbonyl (C=O) groups excluding carboxylic acids is 1. The number of ether oxygens (including phenoxy) is 1. The molecule has 1 aliphatic carbocycles. The first-order chi connectivity index (χ1) is 10.7. The summed E-state index contributed by atoms with van der Waals surface area (Å²) in [7, 11) is 0. The van der Waals surface area contributed by atoms with Gasteiger partial charge in [-0.1, -0.05) is 0 Å². The van der Waals surface area contributed by atoms with Crippen LogP contribution in [0.5, 0.6) is 0 Å². The molecule has 2 aliphatic rings. The molecule has 0 saturated carbocycles. The van der Waals surface area contributed by atoms with Gasteiger partial charge in [0, 0.05) is 12.8 Å². The van der Waals surface area contributed by atoms with Crippen LogP contribution in [0, 0.1) is 17.8 Å². The van der Waals surface area contributed by atoms with Crippen molar-refractivity contribution in [1.29, 1.82) is 5.26 Å². The predicted molar refractivity (Wildman–Crippen MR) is 79.9 cm³/mol. The van der Waals surface area contributed by atoms with E-state index in [1.807, 2.05) is 12.5 Å². The molecular weight excluding hydrogens is 302 g/mol. The highest BCUT2D eigenvalue weighted by molar-refractivity contribution is 7.12. The Morgan fingerprint density at radius 3 is 3.23 bits per heavy atom. The molecule has 1 aromatic rings. The van der Waals surface area contributed by atoms with Crippen LogP contribution in [0.1, 0.15) is 34.8 Å². The standard InChI is InChI=1S/C15H15N3O3S/c16-6-2-1-3-14-17-11-5-4-10(7-13(11)22-14)18-9-21-12(8-19)15(18)20/h5,7,9,12,19H,1-4,8H2/t12-/m1/s1. The minimum atomic E-state index is -0.801. The van der Waals surface area contributed by atoms with E-state index in [1.165, 1.54) is 11.0 Å². The van der Waals surface area contributed by atoms with E-state index in [0.29, 0.717) is 12.8 Å². The van der Waals surface area contributed by atoms with Gasteiger partial charge in [0.05, 0.1) is 33.9 Å². The summed E-state index contributed by atoms with van der Waals surface area (Å²) in [5, 5.41) is 18.7. The Balaban J connectivity index is 1.76. The summed E-state index contributed by atoms with van der Waals surface area (Å²) in [4.78, 5) is 17.6. The van der Waals surface area contributed by atoms with Gasteiger partial charge >= 0.3 is 12.3 Å². The second kappa shape index (κ2) is 6.30. The maximum Gasteiger partial charge on any atom is 0.438 e. The fourth-order valence-corrected chi connectivity index (χ4v) is 3.45. The number of nitriles is 1. The second-order valence-corrected chi connectivity index (χ2v) is 6.15. The molecule has 1 aliphatic heterocycles. The highest BCUT2D eigenvalue weighted by Gasteiger charge is 2.39. The lowest BCUT2D eigenvalue weighted by molar-refractivity contribution is -0.392. The largest absolute Gasteiger partial charge is 0.639 e. The number of aryl methyl sites for hydroxylation is 1. The molecule has 6 nitrogen and oxygen atoms in total. The maximum atomic E-state index is 12.0. The van der Waals surface area contributed by atoms with Crippen LogP contribution in [0.15, 0.2) is 5.70 Å². The van der Waals surface area contributed by atoms with Crippen molar-refractivity contribution in [1.82, 2.24) is 4.98 Å². The van der Waals surface area contributed by atoms with Crippen molar-refractivity contribution in [3.63, 3.8) is 0 Å². The number of rotatable bonds is 5. The zero-order valence-electron chi connectivity index (χ0n) is 11.9. The van der Waals surface area contributed by atoms with Gasteiger partial charge < -0.3 is 14.8 Å². The summed E-state index contributed by atoms with van der Waals surface area (Å²) < 4.78 is 6.60. The Hall–Kier alpha value is -2.17. The molecule has 0 saturated heterocycles. The first kappa shape index (κ1) is 14.8. The highest BCUT2D eigenvalue weighted by Crippen LogP contribution is 2.31. The van der Waals surface area contributed by atoms with Gasteiger partial charge in [-0.3, -0.25) is 0 Å². The number of aliphatic hydroxyl groups excluding tert-OH is 1. The van der Waals surface area contributed by atoms with Gasteiger partial charge in [-0.2, -0.15) is 5.26 Å². The minimum absolute atomic E-state index is 0.246. The molecule has 1 amide bonds. The average Bonchev–Trinajstić information content (AvgIpc) is 3.09. The minimum Gasteiger partial charge on any atom is -0.639 e. The van der Waals surface area contributed by atoms with E-state index in [1.54, 1.807) is 11.3 Å². The fraction of sp³-hybridized carbons (Fsp3) is 0.400. The number of aliphatic hydroxyl groups is 1. The smallest absolute Gasteiger partial charge is 0.438 e. The van der Waals surface area contributed by atoms with Crippen LogP contribution in [0.2, 0.25) is 0 Å². The molecule has 2 heterocycles. The molecule has 0 spiro atoms. The summed E-state index contributed by atoms with van der Waals surface area (Å²) >= 11 is 1.59. The first-order valence-electron chi connectivity index (χ1n) is 7.06. The number of carbonyl (C=O) groups is 1. The van der Waals surface area contributed by atoms with Crippen molar-refractivity contribution in [3.8, 4) is 6.07 Å². The van der Waals surface area contributed by atoms with Gasteiger partial charge in [-0.15, -0.1) is 4.58 Å². The normalized spacial score (nSPS) is 19.6. The van der Waals surface area contributed by atoms with Crippen LogP contribution in [-0.4, -0.2) is 34.7 Å². The van der Waals surface area contributed by atoms with E-state index < -0.39 is 6.10 Å². The van der Waals surface area contributed by atoms with Gasteiger partial charge in [-0.05, 0) is 18.9 Å². The van der Waals surface area contributed by atoms with Crippen molar-refractivity contribution >= 4 is 29.7 Å². The Kier molecular flexibility index (Phi) is 4.22. The lowest BCUT2D eigenvalue weighted by Gasteiger charge is -2.18. The van der Waals surface area contributed by atoms with Crippen LogP contribution >= 0.6 is 11.3 Å². The summed E-state index contributed by atoms with van der Waals surface area (Å²) in [6, 6.07) is 2.13. The van der Waals surface area contributed by atoms with Crippen molar-refractivity contribution in [3.05, 3.63) is 27.7 Å². The number of amides is 1. The topological polar surface area (TPSA) is 87.4 Å². The molecular formula is C15H15N3O3S. The molecule has 0 fully saturated rings. The average molecular weight is 317 g/mol. The first-order valence-corrected chi connectivity index (χ1v) is 7.87. The summed E-state index contributed by atoms with van der Waals surface area (Å²) in [6.07, 6.45) is 7.23. The number of hydrogen-bond acceptors (Lipinski definition) is 4. The van der Waals surface area contributed by atoms with Crippen LogP contribution in [0.4, 0.5) is 0 Å².